The van der Waals surface area contributed by atoms with Gasteiger partial charge in [0.05, 0.1) is 11.3 Å². The number of anilines is 1. The minimum absolute atomic E-state index is 0.00942. The van der Waals surface area contributed by atoms with Gasteiger partial charge in [-0.2, -0.15) is 0 Å². The van der Waals surface area contributed by atoms with Crippen LogP contribution in [0.15, 0.2) is 48.5 Å². The molecular formula is C23H23NO5. The number of hydrogen-bond donors (Lipinski definition) is 0. The van der Waals surface area contributed by atoms with E-state index in [9.17, 15) is 19.2 Å². The lowest BCUT2D eigenvalue weighted by atomic mass is 9.86. The zero-order valence-electron chi connectivity index (χ0n) is 16.7. The molecule has 1 aliphatic rings. The van der Waals surface area contributed by atoms with Crippen molar-refractivity contribution in [2.45, 2.75) is 39.0 Å². The van der Waals surface area contributed by atoms with Crippen molar-refractivity contribution >= 4 is 29.3 Å². The average Bonchev–Trinajstić information content (AvgIpc) is 3.03. The fraction of sp³-hybridized carbons (Fsp3) is 0.304. The van der Waals surface area contributed by atoms with Gasteiger partial charge in [0.1, 0.15) is 0 Å². The first-order chi connectivity index (χ1) is 13.7. The maximum atomic E-state index is 12.3. The second-order valence-electron chi connectivity index (χ2n) is 8.00. The van der Waals surface area contributed by atoms with Crippen molar-refractivity contribution in [2.24, 2.45) is 0 Å². The molecule has 0 aromatic heterocycles. The number of carbonyl (C=O) groups excluding carboxylic acids is 4. The third-order valence-corrected chi connectivity index (χ3v) is 4.82. The van der Waals surface area contributed by atoms with Gasteiger partial charge in [0, 0.05) is 18.4 Å². The summed E-state index contributed by atoms with van der Waals surface area (Å²) in [5.74, 6) is -1.44. The lowest BCUT2D eigenvalue weighted by Gasteiger charge is -2.19. The number of amides is 2. The quantitative estimate of drug-likeness (QED) is 0.440. The Morgan fingerprint density at radius 3 is 1.90 bits per heavy atom. The van der Waals surface area contributed by atoms with Crippen LogP contribution >= 0.6 is 0 Å². The van der Waals surface area contributed by atoms with Crippen LogP contribution in [0.25, 0.3) is 0 Å². The maximum Gasteiger partial charge on any atom is 0.338 e. The molecule has 1 fully saturated rings. The van der Waals surface area contributed by atoms with Gasteiger partial charge in [-0.15, -0.1) is 0 Å². The lowest BCUT2D eigenvalue weighted by Crippen LogP contribution is -2.28. The van der Waals surface area contributed by atoms with Crippen LogP contribution in [-0.4, -0.2) is 30.2 Å². The van der Waals surface area contributed by atoms with Gasteiger partial charge in [0.25, 0.3) is 0 Å². The van der Waals surface area contributed by atoms with Crippen molar-refractivity contribution in [3.8, 4) is 0 Å². The summed E-state index contributed by atoms with van der Waals surface area (Å²) in [6, 6.07) is 13.2. The number of ether oxygens (including phenoxy) is 1. The van der Waals surface area contributed by atoms with Crippen molar-refractivity contribution < 1.29 is 23.9 Å². The number of carbonyl (C=O) groups is 4. The summed E-state index contributed by atoms with van der Waals surface area (Å²) in [6.45, 7) is 5.91. The minimum atomic E-state index is -0.643. The minimum Gasteiger partial charge on any atom is -0.454 e. The maximum absolute atomic E-state index is 12.3. The van der Waals surface area contributed by atoms with E-state index in [2.05, 4.69) is 20.8 Å². The van der Waals surface area contributed by atoms with E-state index in [1.165, 1.54) is 24.3 Å². The van der Waals surface area contributed by atoms with Crippen LogP contribution in [0, 0.1) is 0 Å². The topological polar surface area (TPSA) is 80.8 Å². The highest BCUT2D eigenvalue weighted by atomic mass is 16.5. The highest BCUT2D eigenvalue weighted by molar-refractivity contribution is 6.19. The number of benzene rings is 2. The first-order valence-electron chi connectivity index (χ1n) is 9.43. The molecule has 2 aromatic rings. The molecule has 1 aliphatic heterocycles. The molecule has 6 nitrogen and oxygen atoms in total. The molecule has 3 rings (SSSR count). The Morgan fingerprint density at radius 2 is 1.38 bits per heavy atom. The first kappa shape index (κ1) is 20.5. The summed E-state index contributed by atoms with van der Waals surface area (Å²) >= 11 is 0. The predicted octanol–water partition coefficient (Wildman–Crippen LogP) is 3.68. The van der Waals surface area contributed by atoms with E-state index < -0.39 is 5.97 Å². The van der Waals surface area contributed by atoms with E-state index in [-0.39, 0.29) is 48.0 Å². The number of imide groups is 1. The molecule has 1 saturated heterocycles. The van der Waals surface area contributed by atoms with Gasteiger partial charge in [0.2, 0.25) is 11.8 Å². The number of rotatable bonds is 5. The van der Waals surface area contributed by atoms with E-state index in [1.807, 2.05) is 12.1 Å². The largest absolute Gasteiger partial charge is 0.454 e. The molecular weight excluding hydrogens is 370 g/mol. The third kappa shape index (κ3) is 4.59. The molecule has 2 aromatic carbocycles. The molecule has 0 saturated carbocycles. The standard InChI is InChI=1S/C23H23NO5/c1-23(2,3)17-8-4-15(5-9-17)19(25)14-29-22(28)16-6-10-18(11-7-16)24-20(26)12-13-21(24)27/h4-11H,12-14H2,1-3H3. The molecule has 0 aliphatic carbocycles. The van der Waals surface area contributed by atoms with Gasteiger partial charge in [-0.3, -0.25) is 19.3 Å². The molecule has 0 bridgehead atoms. The van der Waals surface area contributed by atoms with Crippen LogP contribution in [0.4, 0.5) is 5.69 Å². The molecule has 0 unspecified atom stereocenters. The smallest absolute Gasteiger partial charge is 0.338 e. The van der Waals surface area contributed by atoms with Crippen LogP contribution in [0.3, 0.4) is 0 Å². The normalized spacial score (nSPS) is 14.2. The summed E-state index contributed by atoms with van der Waals surface area (Å²) in [5.41, 5.74) is 2.24. The molecule has 29 heavy (non-hydrogen) atoms. The Labute approximate surface area is 169 Å². The van der Waals surface area contributed by atoms with E-state index >= 15 is 0 Å². The number of esters is 1. The van der Waals surface area contributed by atoms with E-state index in [0.29, 0.717) is 11.3 Å². The van der Waals surface area contributed by atoms with Gasteiger partial charge < -0.3 is 4.74 Å². The second kappa shape index (κ2) is 7.99. The second-order valence-corrected chi connectivity index (χ2v) is 8.00. The van der Waals surface area contributed by atoms with Crippen molar-refractivity contribution in [3.63, 3.8) is 0 Å². The van der Waals surface area contributed by atoms with Crippen molar-refractivity contribution in [1.82, 2.24) is 0 Å². The Kier molecular flexibility index (Phi) is 5.64. The average molecular weight is 393 g/mol. The SMILES string of the molecule is CC(C)(C)c1ccc(C(=O)COC(=O)c2ccc(N3C(=O)CCC3=O)cc2)cc1. The number of nitrogens with zero attached hydrogens (tertiary/aromatic N) is 1. The third-order valence-electron chi connectivity index (χ3n) is 4.82. The summed E-state index contributed by atoms with van der Waals surface area (Å²) < 4.78 is 5.11. The molecule has 0 radical (unpaired) electrons. The fourth-order valence-corrected chi connectivity index (χ4v) is 3.07. The van der Waals surface area contributed by atoms with Gasteiger partial charge in [-0.1, -0.05) is 45.0 Å². The molecule has 0 N–H and O–H groups in total. The Balaban J connectivity index is 1.60. The molecule has 0 spiro atoms. The monoisotopic (exact) mass is 393 g/mol. The van der Waals surface area contributed by atoms with Crippen molar-refractivity contribution in [2.75, 3.05) is 11.5 Å². The van der Waals surface area contributed by atoms with Gasteiger partial charge in [0.15, 0.2) is 12.4 Å². The lowest BCUT2D eigenvalue weighted by molar-refractivity contribution is -0.121. The summed E-state index contributed by atoms with van der Waals surface area (Å²) in [6.07, 6.45) is 0.392. The molecule has 0 atom stereocenters. The van der Waals surface area contributed by atoms with Crippen molar-refractivity contribution in [1.29, 1.82) is 0 Å². The number of hydrogen-bond acceptors (Lipinski definition) is 5. The Bertz CT molecular complexity index is 936. The fourth-order valence-electron chi connectivity index (χ4n) is 3.07. The van der Waals surface area contributed by atoms with Crippen LogP contribution in [-0.2, 0) is 19.7 Å². The van der Waals surface area contributed by atoms with Crippen LogP contribution in [0.2, 0.25) is 0 Å². The first-order valence-corrected chi connectivity index (χ1v) is 9.43. The highest BCUT2D eigenvalue weighted by Crippen LogP contribution is 2.24. The molecule has 1 heterocycles. The van der Waals surface area contributed by atoms with E-state index in [0.717, 1.165) is 10.5 Å². The van der Waals surface area contributed by atoms with Gasteiger partial charge >= 0.3 is 5.97 Å². The molecule has 150 valence electrons. The predicted molar refractivity (Wildman–Crippen MR) is 108 cm³/mol. The van der Waals surface area contributed by atoms with Gasteiger partial charge in [-0.25, -0.2) is 4.79 Å². The van der Waals surface area contributed by atoms with Crippen LogP contribution in [0.1, 0.15) is 59.9 Å². The highest BCUT2D eigenvalue weighted by Gasteiger charge is 2.30. The molecule has 6 heteroatoms. The zero-order valence-corrected chi connectivity index (χ0v) is 16.7. The summed E-state index contributed by atoms with van der Waals surface area (Å²) in [5, 5.41) is 0. The zero-order chi connectivity index (χ0) is 21.2. The van der Waals surface area contributed by atoms with E-state index in [4.69, 9.17) is 4.74 Å². The van der Waals surface area contributed by atoms with Crippen molar-refractivity contribution in [3.05, 3.63) is 65.2 Å². The summed E-state index contributed by atoms with van der Waals surface area (Å²) in [7, 11) is 0. The number of ketones is 1. The van der Waals surface area contributed by atoms with E-state index in [1.54, 1.807) is 12.1 Å². The number of Topliss-reactive ketones (excluding diaryl/α,β-unsaturated/α-hetero) is 1. The Hall–Kier alpha value is -3.28. The van der Waals surface area contributed by atoms with Crippen LogP contribution < -0.4 is 4.90 Å². The van der Waals surface area contributed by atoms with Crippen LogP contribution in [0.5, 0.6) is 0 Å². The van der Waals surface area contributed by atoms with Gasteiger partial charge in [-0.05, 0) is 35.2 Å². The molecule has 2 amide bonds. The Morgan fingerprint density at radius 1 is 0.862 bits per heavy atom. The summed E-state index contributed by atoms with van der Waals surface area (Å²) in [4.78, 5) is 49.1.